The molecule has 1 aromatic carbocycles. The van der Waals surface area contributed by atoms with Crippen LogP contribution in [0, 0.1) is 40.2 Å². The van der Waals surface area contributed by atoms with E-state index >= 15 is 0 Å². The smallest absolute Gasteiger partial charge is 0.312 e. The Labute approximate surface area is 212 Å². The number of thiazole rings is 1. The third-order valence-electron chi connectivity index (χ3n) is 8.57. The van der Waals surface area contributed by atoms with E-state index in [0.29, 0.717) is 37.2 Å². The van der Waals surface area contributed by atoms with Crippen molar-refractivity contribution in [3.63, 3.8) is 0 Å². The van der Waals surface area contributed by atoms with Gasteiger partial charge in [0.25, 0.3) is 0 Å². The molecule has 186 valence electrons. The number of nitrogens with zero attached hydrogens (tertiary/aromatic N) is 2. The number of carbonyl (C=O) groups is 2. The number of rotatable bonds is 5. The Morgan fingerprint density at radius 1 is 1.43 bits per heavy atom. The summed E-state index contributed by atoms with van der Waals surface area (Å²) in [6, 6.07) is 1.49. The standard InChI is InChI=1S/C25H28ClN3O5S/c1-12-11-27-24(35-12)28-20(31)6-3-13-9-19(30)25(2)8-7-14-15(21(13)25)4-5-16-17(14)10-18(29(33)34)23(32)22(16)26/h10-11,13-15,21,32H,3-9H2,1-2H3,(H,27,28,31). The maximum atomic E-state index is 13.2. The first-order chi connectivity index (χ1) is 16.6. The van der Waals surface area contributed by atoms with E-state index in [4.69, 9.17) is 11.6 Å². The molecule has 2 aromatic rings. The molecule has 2 saturated carbocycles. The summed E-state index contributed by atoms with van der Waals surface area (Å²) < 4.78 is 0. The zero-order valence-corrected chi connectivity index (χ0v) is 21.2. The monoisotopic (exact) mass is 517 g/mol. The SMILES string of the molecule is Cc1cnc(NC(=O)CCC2CC(=O)C3(C)CCC4c5cc([N+](=O)[O-])c(O)c(Cl)c5CCC4C23)s1. The Kier molecular flexibility index (Phi) is 6.12. The van der Waals surface area contributed by atoms with Crippen LogP contribution in [0.15, 0.2) is 12.3 Å². The highest BCUT2D eigenvalue weighted by Crippen LogP contribution is 2.63. The molecule has 2 N–H and O–H groups in total. The summed E-state index contributed by atoms with van der Waals surface area (Å²) in [5.74, 6) is 0.139. The van der Waals surface area contributed by atoms with Crippen molar-refractivity contribution in [2.75, 3.05) is 5.32 Å². The zero-order chi connectivity index (χ0) is 25.1. The first-order valence-corrected chi connectivity index (χ1v) is 13.2. The minimum absolute atomic E-state index is 0.0501. The molecule has 1 amide bonds. The summed E-state index contributed by atoms with van der Waals surface area (Å²) in [5, 5.41) is 25.3. The summed E-state index contributed by atoms with van der Waals surface area (Å²) in [5.41, 5.74) is 0.834. The molecule has 0 saturated heterocycles. The molecule has 5 unspecified atom stereocenters. The van der Waals surface area contributed by atoms with Crippen molar-refractivity contribution in [1.82, 2.24) is 4.98 Å². The van der Waals surface area contributed by atoms with Crippen molar-refractivity contribution >= 4 is 45.4 Å². The molecule has 0 aliphatic heterocycles. The second-order valence-electron chi connectivity index (χ2n) is 10.4. The Hall–Kier alpha value is -2.52. The molecule has 0 bridgehead atoms. The van der Waals surface area contributed by atoms with Crippen molar-refractivity contribution in [3.8, 4) is 5.75 Å². The Morgan fingerprint density at radius 2 is 2.20 bits per heavy atom. The van der Waals surface area contributed by atoms with Crippen LogP contribution < -0.4 is 5.32 Å². The molecule has 0 radical (unpaired) electrons. The summed E-state index contributed by atoms with van der Waals surface area (Å²) in [4.78, 5) is 41.9. The number of hydrogen-bond donors (Lipinski definition) is 2. The number of aromatic nitrogens is 1. The number of nitrogens with one attached hydrogen (secondary N) is 1. The van der Waals surface area contributed by atoms with Gasteiger partial charge in [-0.25, -0.2) is 4.98 Å². The number of nitro groups is 1. The van der Waals surface area contributed by atoms with Gasteiger partial charge in [0.2, 0.25) is 11.7 Å². The average Bonchev–Trinajstić information content (AvgIpc) is 3.33. The number of fused-ring (bicyclic) bond motifs is 5. The number of phenolic OH excluding ortho intramolecular Hbond substituents is 1. The van der Waals surface area contributed by atoms with Crippen LogP contribution in [0.1, 0.15) is 67.4 Å². The Morgan fingerprint density at radius 3 is 2.89 bits per heavy atom. The van der Waals surface area contributed by atoms with Gasteiger partial charge in [-0.1, -0.05) is 18.5 Å². The first kappa shape index (κ1) is 24.2. The number of benzene rings is 1. The molecular weight excluding hydrogens is 490 g/mol. The molecule has 8 nitrogen and oxygen atoms in total. The van der Waals surface area contributed by atoms with E-state index in [1.807, 2.05) is 6.92 Å². The fraction of sp³-hybridized carbons (Fsp3) is 0.560. The third kappa shape index (κ3) is 4.02. The number of ketones is 1. The highest BCUT2D eigenvalue weighted by Gasteiger charge is 2.58. The van der Waals surface area contributed by atoms with Crippen molar-refractivity contribution in [3.05, 3.63) is 43.4 Å². The number of aryl methyl sites for hydroxylation is 1. The lowest BCUT2D eigenvalue weighted by Crippen LogP contribution is -2.44. The summed E-state index contributed by atoms with van der Waals surface area (Å²) >= 11 is 7.81. The van der Waals surface area contributed by atoms with E-state index < -0.39 is 16.1 Å². The fourth-order valence-electron chi connectivity index (χ4n) is 7.03. The van der Waals surface area contributed by atoms with E-state index in [1.165, 1.54) is 17.4 Å². The Balaban J connectivity index is 1.39. The fourth-order valence-corrected chi connectivity index (χ4v) is 8.01. The number of anilines is 1. The second-order valence-corrected chi connectivity index (χ2v) is 12.0. The number of phenols is 1. The lowest BCUT2D eigenvalue weighted by atomic mass is 9.54. The molecule has 3 aliphatic rings. The maximum Gasteiger partial charge on any atom is 0.312 e. The maximum absolute atomic E-state index is 13.2. The van der Waals surface area contributed by atoms with Gasteiger partial charge in [0.05, 0.1) is 9.95 Å². The van der Waals surface area contributed by atoms with Crippen LogP contribution >= 0.6 is 22.9 Å². The van der Waals surface area contributed by atoms with E-state index in [9.17, 15) is 24.8 Å². The molecule has 0 spiro atoms. The van der Waals surface area contributed by atoms with Gasteiger partial charge in [-0.3, -0.25) is 19.7 Å². The summed E-state index contributed by atoms with van der Waals surface area (Å²) in [6.45, 7) is 4.00. The zero-order valence-electron chi connectivity index (χ0n) is 19.7. The van der Waals surface area contributed by atoms with E-state index in [-0.39, 0.29) is 46.1 Å². The average molecular weight is 518 g/mol. The summed E-state index contributed by atoms with van der Waals surface area (Å²) in [7, 11) is 0. The van der Waals surface area contributed by atoms with E-state index in [0.717, 1.165) is 28.8 Å². The molecule has 35 heavy (non-hydrogen) atoms. The van der Waals surface area contributed by atoms with Gasteiger partial charge >= 0.3 is 5.69 Å². The van der Waals surface area contributed by atoms with Crippen LogP contribution in [-0.2, 0) is 16.0 Å². The predicted molar refractivity (Wildman–Crippen MR) is 133 cm³/mol. The molecular formula is C25H28ClN3O5S. The van der Waals surface area contributed by atoms with Gasteiger partial charge in [-0.2, -0.15) is 0 Å². The van der Waals surface area contributed by atoms with Crippen molar-refractivity contribution in [1.29, 1.82) is 0 Å². The van der Waals surface area contributed by atoms with Crippen LogP contribution in [0.4, 0.5) is 10.8 Å². The predicted octanol–water partition coefficient (Wildman–Crippen LogP) is 5.79. The highest BCUT2D eigenvalue weighted by molar-refractivity contribution is 7.15. The third-order valence-corrected chi connectivity index (χ3v) is 9.81. The molecule has 1 aromatic heterocycles. The number of carbonyl (C=O) groups excluding carboxylic acids is 2. The number of hydrogen-bond acceptors (Lipinski definition) is 7. The van der Waals surface area contributed by atoms with Crippen LogP contribution in [0.5, 0.6) is 5.75 Å². The first-order valence-electron chi connectivity index (χ1n) is 12.0. The number of halogens is 1. The number of Topliss-reactive ketones (excluding diaryl/α,β-unsaturated/α-hetero) is 1. The number of amides is 1. The minimum Gasteiger partial charge on any atom is -0.501 e. The lowest BCUT2D eigenvalue weighted by Gasteiger charge is -2.50. The van der Waals surface area contributed by atoms with Gasteiger partial charge in [0, 0.05) is 35.4 Å². The van der Waals surface area contributed by atoms with Gasteiger partial charge in [-0.15, -0.1) is 11.3 Å². The van der Waals surface area contributed by atoms with Crippen molar-refractivity contribution < 1.29 is 19.6 Å². The van der Waals surface area contributed by atoms with Crippen LogP contribution in [-0.4, -0.2) is 26.7 Å². The van der Waals surface area contributed by atoms with Gasteiger partial charge in [-0.05, 0) is 73.8 Å². The van der Waals surface area contributed by atoms with Gasteiger partial charge in [0.15, 0.2) is 5.13 Å². The topological polar surface area (TPSA) is 122 Å². The second kappa shape index (κ2) is 8.85. The normalized spacial score (nSPS) is 29.3. The lowest BCUT2D eigenvalue weighted by molar-refractivity contribution is -0.386. The molecule has 5 atom stereocenters. The van der Waals surface area contributed by atoms with E-state index in [1.54, 1.807) is 6.20 Å². The highest BCUT2D eigenvalue weighted by atomic mass is 35.5. The molecule has 1 heterocycles. The number of nitro benzene ring substituents is 1. The molecule has 10 heteroatoms. The molecule has 2 fully saturated rings. The van der Waals surface area contributed by atoms with Crippen LogP contribution in [0.25, 0.3) is 0 Å². The number of aromatic hydroxyl groups is 1. The molecule has 5 rings (SSSR count). The van der Waals surface area contributed by atoms with Crippen molar-refractivity contribution in [2.24, 2.45) is 23.2 Å². The Bertz CT molecular complexity index is 1230. The van der Waals surface area contributed by atoms with Crippen molar-refractivity contribution in [2.45, 2.75) is 64.7 Å². The minimum atomic E-state index is -0.595. The largest absolute Gasteiger partial charge is 0.501 e. The van der Waals surface area contributed by atoms with Gasteiger partial charge < -0.3 is 10.4 Å². The summed E-state index contributed by atoms with van der Waals surface area (Å²) in [6.07, 6.45) is 6.02. The van der Waals surface area contributed by atoms with Gasteiger partial charge in [0.1, 0.15) is 5.78 Å². The quantitative estimate of drug-likeness (QED) is 0.382. The molecule has 3 aliphatic carbocycles. The van der Waals surface area contributed by atoms with E-state index in [2.05, 4.69) is 17.2 Å². The van der Waals surface area contributed by atoms with Crippen LogP contribution in [0.3, 0.4) is 0 Å². The van der Waals surface area contributed by atoms with Crippen LogP contribution in [0.2, 0.25) is 5.02 Å².